The minimum Gasteiger partial charge on any atom is -0.493 e. The first-order valence-corrected chi connectivity index (χ1v) is 10.4. The summed E-state index contributed by atoms with van der Waals surface area (Å²) in [7, 11) is 3.42. The van der Waals surface area contributed by atoms with Gasteiger partial charge in [-0.3, -0.25) is 4.79 Å². The maximum atomic E-state index is 11.9. The van der Waals surface area contributed by atoms with Crippen LogP contribution in [-0.4, -0.2) is 57.7 Å². The molecule has 0 atom stereocenters. The fourth-order valence-corrected chi connectivity index (χ4v) is 3.26. The van der Waals surface area contributed by atoms with Crippen LogP contribution >= 0.6 is 24.2 Å². The number of aryl methyl sites for hydroxylation is 1. The SMILES string of the molecule is COc1cc(CNCCCSc2nnnn2C)ccc1OCC(=O)NC(C)(C)C.Cl. The summed E-state index contributed by atoms with van der Waals surface area (Å²) in [5.41, 5.74) is 0.794. The number of aromatic nitrogens is 4. The van der Waals surface area contributed by atoms with Gasteiger partial charge in [0.25, 0.3) is 5.91 Å². The van der Waals surface area contributed by atoms with E-state index in [0.717, 1.165) is 36.0 Å². The number of hydrogen-bond donors (Lipinski definition) is 2. The van der Waals surface area contributed by atoms with Gasteiger partial charge in [-0.15, -0.1) is 17.5 Å². The standard InChI is InChI=1S/C19H30N6O3S.ClH/c1-19(2,3)21-17(26)13-28-15-8-7-14(11-16(15)27-5)12-20-9-6-10-29-18-22-23-24-25(18)4;/h7-8,11,20H,6,9-10,12-13H2,1-5H3,(H,21,26);1H. The van der Waals surface area contributed by atoms with Crippen molar-refractivity contribution in [1.29, 1.82) is 0 Å². The number of carbonyl (C=O) groups excluding carboxylic acids is 1. The molecule has 0 aliphatic heterocycles. The average Bonchev–Trinajstić information content (AvgIpc) is 3.06. The second kappa shape index (κ2) is 12.6. The zero-order chi connectivity index (χ0) is 21.3. The molecule has 2 N–H and O–H groups in total. The van der Waals surface area contributed by atoms with Crippen LogP contribution in [0.1, 0.15) is 32.8 Å². The normalized spacial score (nSPS) is 11.0. The molecule has 2 aromatic rings. The van der Waals surface area contributed by atoms with Gasteiger partial charge in [0.15, 0.2) is 18.1 Å². The number of rotatable bonds is 11. The average molecular weight is 459 g/mol. The Morgan fingerprint density at radius 2 is 2.03 bits per heavy atom. The number of amides is 1. The van der Waals surface area contributed by atoms with E-state index in [1.165, 1.54) is 0 Å². The summed E-state index contributed by atoms with van der Waals surface area (Å²) in [5, 5.41) is 18.5. The summed E-state index contributed by atoms with van der Waals surface area (Å²) in [6.45, 7) is 7.34. The molecule has 1 aromatic heterocycles. The Morgan fingerprint density at radius 1 is 1.27 bits per heavy atom. The second-order valence-electron chi connectivity index (χ2n) is 7.54. The summed E-state index contributed by atoms with van der Waals surface area (Å²) >= 11 is 1.64. The van der Waals surface area contributed by atoms with Gasteiger partial charge in [0.2, 0.25) is 5.16 Å². The Balaban J connectivity index is 0.00000450. The van der Waals surface area contributed by atoms with Gasteiger partial charge in [-0.05, 0) is 61.9 Å². The summed E-state index contributed by atoms with van der Waals surface area (Å²) < 4.78 is 12.7. The number of benzene rings is 1. The Kier molecular flexibility index (Phi) is 10.9. The number of carbonyl (C=O) groups is 1. The first-order valence-electron chi connectivity index (χ1n) is 9.45. The molecule has 1 amide bonds. The molecule has 0 aliphatic carbocycles. The number of hydrogen-bond acceptors (Lipinski definition) is 8. The van der Waals surface area contributed by atoms with E-state index in [1.807, 2.05) is 46.0 Å². The lowest BCUT2D eigenvalue weighted by Crippen LogP contribution is -2.43. The molecular weight excluding hydrogens is 428 g/mol. The van der Waals surface area contributed by atoms with Gasteiger partial charge in [0.05, 0.1) is 7.11 Å². The van der Waals surface area contributed by atoms with Crippen LogP contribution in [-0.2, 0) is 18.4 Å². The highest BCUT2D eigenvalue weighted by Gasteiger charge is 2.15. The molecule has 0 saturated heterocycles. The van der Waals surface area contributed by atoms with Gasteiger partial charge in [-0.25, -0.2) is 4.68 Å². The number of methoxy groups -OCH3 is 1. The van der Waals surface area contributed by atoms with E-state index >= 15 is 0 Å². The molecule has 1 aromatic carbocycles. The van der Waals surface area contributed by atoms with E-state index < -0.39 is 0 Å². The molecule has 0 unspecified atom stereocenters. The van der Waals surface area contributed by atoms with Crippen LogP contribution < -0.4 is 20.1 Å². The fourth-order valence-electron chi connectivity index (χ4n) is 2.48. The van der Waals surface area contributed by atoms with Crippen LogP contribution in [0, 0.1) is 0 Å². The van der Waals surface area contributed by atoms with Crippen molar-refractivity contribution in [3.05, 3.63) is 23.8 Å². The summed E-state index contributed by atoms with van der Waals surface area (Å²) in [6, 6.07) is 5.72. The number of nitrogens with zero attached hydrogens (tertiary/aromatic N) is 4. The summed E-state index contributed by atoms with van der Waals surface area (Å²) in [4.78, 5) is 11.9. The first-order chi connectivity index (χ1) is 13.8. The Labute approximate surface area is 188 Å². The van der Waals surface area contributed by atoms with Crippen molar-refractivity contribution < 1.29 is 14.3 Å². The molecule has 0 fully saturated rings. The zero-order valence-corrected chi connectivity index (χ0v) is 19.7. The molecule has 168 valence electrons. The van der Waals surface area contributed by atoms with Gasteiger partial charge in [-0.2, -0.15) is 0 Å². The maximum Gasteiger partial charge on any atom is 0.258 e. The third kappa shape index (κ3) is 9.19. The summed E-state index contributed by atoms with van der Waals surface area (Å²) in [5.74, 6) is 1.93. The lowest BCUT2D eigenvalue weighted by molar-refractivity contribution is -0.124. The smallest absolute Gasteiger partial charge is 0.258 e. The number of halogens is 1. The van der Waals surface area contributed by atoms with Crippen molar-refractivity contribution in [1.82, 2.24) is 30.8 Å². The predicted molar refractivity (Wildman–Crippen MR) is 119 cm³/mol. The van der Waals surface area contributed by atoms with Crippen molar-refractivity contribution in [3.63, 3.8) is 0 Å². The van der Waals surface area contributed by atoms with Gasteiger partial charge in [-0.1, -0.05) is 17.8 Å². The highest BCUT2D eigenvalue weighted by Crippen LogP contribution is 2.28. The van der Waals surface area contributed by atoms with Crippen LogP contribution in [0.3, 0.4) is 0 Å². The third-order valence-electron chi connectivity index (χ3n) is 3.74. The van der Waals surface area contributed by atoms with Crippen molar-refractivity contribution >= 4 is 30.1 Å². The molecule has 0 saturated carbocycles. The lowest BCUT2D eigenvalue weighted by atomic mass is 10.1. The highest BCUT2D eigenvalue weighted by molar-refractivity contribution is 7.99. The number of ether oxygens (including phenoxy) is 2. The van der Waals surface area contributed by atoms with E-state index in [-0.39, 0.29) is 30.5 Å². The molecule has 0 spiro atoms. The fraction of sp³-hybridized carbons (Fsp3) is 0.579. The van der Waals surface area contributed by atoms with Crippen molar-refractivity contribution in [2.75, 3.05) is 26.0 Å². The summed E-state index contributed by atoms with van der Waals surface area (Å²) in [6.07, 6.45) is 0.999. The van der Waals surface area contributed by atoms with E-state index in [0.29, 0.717) is 11.5 Å². The van der Waals surface area contributed by atoms with E-state index in [4.69, 9.17) is 9.47 Å². The molecule has 1 heterocycles. The molecule has 11 heteroatoms. The molecule has 9 nitrogen and oxygen atoms in total. The molecule has 2 rings (SSSR count). The van der Waals surface area contributed by atoms with Gasteiger partial charge in [0, 0.05) is 24.9 Å². The quantitative estimate of drug-likeness (QED) is 0.390. The van der Waals surface area contributed by atoms with Crippen LogP contribution in [0.2, 0.25) is 0 Å². The Hall–Kier alpha value is -2.04. The Morgan fingerprint density at radius 3 is 2.67 bits per heavy atom. The number of thioether (sulfide) groups is 1. The van der Waals surface area contributed by atoms with Crippen LogP contribution in [0.15, 0.2) is 23.4 Å². The second-order valence-corrected chi connectivity index (χ2v) is 8.60. The highest BCUT2D eigenvalue weighted by atomic mass is 35.5. The topological polar surface area (TPSA) is 103 Å². The number of nitrogens with one attached hydrogen (secondary N) is 2. The molecule has 0 radical (unpaired) electrons. The predicted octanol–water partition coefficient (Wildman–Crippen LogP) is 2.21. The lowest BCUT2D eigenvalue weighted by Gasteiger charge is -2.20. The van der Waals surface area contributed by atoms with Gasteiger partial charge >= 0.3 is 0 Å². The largest absolute Gasteiger partial charge is 0.493 e. The van der Waals surface area contributed by atoms with E-state index in [2.05, 4.69) is 26.2 Å². The van der Waals surface area contributed by atoms with E-state index in [9.17, 15) is 4.79 Å². The van der Waals surface area contributed by atoms with E-state index in [1.54, 1.807) is 23.6 Å². The van der Waals surface area contributed by atoms with Crippen LogP contribution in [0.5, 0.6) is 11.5 Å². The molecule has 30 heavy (non-hydrogen) atoms. The van der Waals surface area contributed by atoms with Crippen LogP contribution in [0.25, 0.3) is 0 Å². The van der Waals surface area contributed by atoms with Crippen LogP contribution in [0.4, 0.5) is 0 Å². The van der Waals surface area contributed by atoms with Crippen molar-refractivity contribution in [2.24, 2.45) is 7.05 Å². The van der Waals surface area contributed by atoms with Gasteiger partial charge < -0.3 is 20.1 Å². The first kappa shape index (κ1) is 26.0. The van der Waals surface area contributed by atoms with Gasteiger partial charge in [0.1, 0.15) is 0 Å². The van der Waals surface area contributed by atoms with Crippen molar-refractivity contribution in [2.45, 2.75) is 44.4 Å². The zero-order valence-electron chi connectivity index (χ0n) is 18.1. The molecular formula is C19H31ClN6O3S. The minimum atomic E-state index is -0.288. The monoisotopic (exact) mass is 458 g/mol. The molecule has 0 bridgehead atoms. The molecule has 0 aliphatic rings. The third-order valence-corrected chi connectivity index (χ3v) is 4.84. The number of tetrazole rings is 1. The Bertz CT molecular complexity index is 797. The van der Waals surface area contributed by atoms with Crippen molar-refractivity contribution in [3.8, 4) is 11.5 Å². The minimum absolute atomic E-state index is 0. The maximum absolute atomic E-state index is 11.9.